The Hall–Kier alpha value is 0.0500. The summed E-state index contributed by atoms with van der Waals surface area (Å²) in [5, 5.41) is 2.03. The molecule has 0 unspecified atom stereocenters. The van der Waals surface area contributed by atoms with Gasteiger partial charge in [-0.1, -0.05) is 11.3 Å². The zero-order valence-electron chi connectivity index (χ0n) is 3.14. The molecule has 0 spiro atoms. The van der Waals surface area contributed by atoms with E-state index in [4.69, 9.17) is 0 Å². The van der Waals surface area contributed by atoms with Crippen molar-refractivity contribution < 1.29 is 0 Å². The van der Waals surface area contributed by atoms with Crippen molar-refractivity contribution >= 4 is 24.0 Å². The van der Waals surface area contributed by atoms with Crippen LogP contribution < -0.4 is 0 Å². The maximum absolute atomic E-state index is 3.34. The minimum Gasteiger partial charge on any atom is -0.0947 e. The van der Waals surface area contributed by atoms with E-state index in [1.165, 1.54) is 4.21 Å². The van der Waals surface area contributed by atoms with Crippen molar-refractivity contribution in [2.45, 2.75) is 4.21 Å². The van der Waals surface area contributed by atoms with Gasteiger partial charge in [0.25, 0.3) is 0 Å². The van der Waals surface area contributed by atoms with E-state index in [1.54, 1.807) is 11.3 Å². The van der Waals surface area contributed by atoms with Gasteiger partial charge in [0, 0.05) is 18.7 Å². The van der Waals surface area contributed by atoms with Crippen molar-refractivity contribution in [1.29, 1.82) is 0 Å². The van der Waals surface area contributed by atoms with Crippen molar-refractivity contribution in [1.82, 2.24) is 0 Å². The van der Waals surface area contributed by atoms with E-state index in [2.05, 4.69) is 12.6 Å². The SMILES string of the molecule is [SH2+]c1cccs1. The van der Waals surface area contributed by atoms with E-state index in [0.717, 1.165) is 0 Å². The molecule has 1 heterocycles. The molecular formula is C4H5S2+. The Morgan fingerprint density at radius 3 is 2.67 bits per heavy atom. The quantitative estimate of drug-likeness (QED) is 0.447. The Labute approximate surface area is 46.2 Å². The standard InChI is InChI=1S/C4H4S2/c5-4-2-1-3-6-4/h1-3,5H/p+1. The van der Waals surface area contributed by atoms with Crippen LogP contribution in [0.15, 0.2) is 21.7 Å². The molecule has 0 radical (unpaired) electrons. The zero-order chi connectivity index (χ0) is 4.41. The number of thiophene rings is 1. The predicted octanol–water partition coefficient (Wildman–Crippen LogP) is 1.12. The molecule has 0 atom stereocenters. The third-order valence-electron chi connectivity index (χ3n) is 0.521. The summed E-state index contributed by atoms with van der Waals surface area (Å²) < 4.78 is 1.19. The van der Waals surface area contributed by atoms with Crippen LogP contribution in [0.5, 0.6) is 0 Å². The van der Waals surface area contributed by atoms with Crippen LogP contribution in [0.3, 0.4) is 0 Å². The molecule has 0 aliphatic carbocycles. The summed E-state index contributed by atoms with van der Waals surface area (Å²) in [4.78, 5) is 0. The summed E-state index contributed by atoms with van der Waals surface area (Å²) in [6.45, 7) is 0. The average Bonchev–Trinajstić information content (AvgIpc) is 1.86. The molecule has 1 rings (SSSR count). The number of hydrogen-bond donors (Lipinski definition) is 0. The van der Waals surface area contributed by atoms with Gasteiger partial charge in [0.15, 0.2) is 0 Å². The normalized spacial score (nSPS) is 8.83. The second-order valence-electron chi connectivity index (χ2n) is 0.977. The van der Waals surface area contributed by atoms with Crippen molar-refractivity contribution in [2.75, 3.05) is 0 Å². The predicted molar refractivity (Wildman–Crippen MR) is 32.7 cm³/mol. The number of hydrogen-bond acceptors (Lipinski definition) is 1. The van der Waals surface area contributed by atoms with Crippen molar-refractivity contribution in [3.05, 3.63) is 17.5 Å². The van der Waals surface area contributed by atoms with Gasteiger partial charge in [0.05, 0.1) is 0 Å². The monoisotopic (exact) mass is 117 g/mol. The number of rotatable bonds is 0. The van der Waals surface area contributed by atoms with Gasteiger partial charge in [-0.3, -0.25) is 0 Å². The molecule has 0 fully saturated rings. The molecule has 0 saturated heterocycles. The molecule has 1 aromatic rings. The second-order valence-corrected chi connectivity index (χ2v) is 2.83. The smallest absolute Gasteiger partial charge is 0.0947 e. The molecule has 2 heteroatoms. The zero-order valence-corrected chi connectivity index (χ0v) is 4.96. The third kappa shape index (κ3) is 0.758. The minimum absolute atomic E-state index is 1.19. The first-order valence-electron chi connectivity index (χ1n) is 1.65. The van der Waals surface area contributed by atoms with E-state index in [0.29, 0.717) is 0 Å². The van der Waals surface area contributed by atoms with Gasteiger partial charge >= 0.3 is 0 Å². The average molecular weight is 117 g/mol. The van der Waals surface area contributed by atoms with Crippen LogP contribution in [0.1, 0.15) is 0 Å². The Balaban J connectivity index is 3.05. The van der Waals surface area contributed by atoms with Gasteiger partial charge in [-0.15, -0.1) is 0 Å². The summed E-state index contributed by atoms with van der Waals surface area (Å²) in [5.41, 5.74) is 0. The first-order chi connectivity index (χ1) is 2.89. The van der Waals surface area contributed by atoms with Crippen LogP contribution >= 0.6 is 11.3 Å². The summed E-state index contributed by atoms with van der Waals surface area (Å²) in [5.74, 6) is 0. The molecule has 0 aliphatic rings. The summed E-state index contributed by atoms with van der Waals surface area (Å²) >= 11 is 5.04. The van der Waals surface area contributed by atoms with Crippen LogP contribution in [-0.2, 0) is 12.6 Å². The van der Waals surface area contributed by atoms with E-state index in [-0.39, 0.29) is 0 Å². The van der Waals surface area contributed by atoms with Gasteiger partial charge in [-0.25, -0.2) is 0 Å². The van der Waals surface area contributed by atoms with Gasteiger partial charge in [0.1, 0.15) is 0 Å². The molecule has 0 aromatic carbocycles. The lowest BCUT2D eigenvalue weighted by Crippen LogP contribution is -1.42. The molecule has 32 valence electrons. The topological polar surface area (TPSA) is 0 Å². The van der Waals surface area contributed by atoms with Crippen LogP contribution in [0.25, 0.3) is 0 Å². The Morgan fingerprint density at radius 1 is 1.67 bits per heavy atom. The lowest BCUT2D eigenvalue weighted by atomic mass is 10.7. The minimum atomic E-state index is 1.19. The van der Waals surface area contributed by atoms with E-state index < -0.39 is 0 Å². The van der Waals surface area contributed by atoms with Gasteiger partial charge in [-0.05, 0) is 11.4 Å². The van der Waals surface area contributed by atoms with Gasteiger partial charge in [-0.2, -0.15) is 0 Å². The first kappa shape index (κ1) is 4.22. The highest BCUT2D eigenvalue weighted by atomic mass is 32.2. The van der Waals surface area contributed by atoms with Crippen LogP contribution in [-0.4, -0.2) is 0 Å². The molecule has 0 amide bonds. The van der Waals surface area contributed by atoms with Crippen molar-refractivity contribution in [2.24, 2.45) is 0 Å². The molecular weight excluding hydrogens is 112 g/mol. The highest BCUT2D eigenvalue weighted by Gasteiger charge is 1.83. The molecule has 0 nitrogen and oxygen atoms in total. The highest BCUT2D eigenvalue weighted by Crippen LogP contribution is 2.04. The lowest BCUT2D eigenvalue weighted by molar-refractivity contribution is 1.76. The molecule has 0 aliphatic heterocycles. The van der Waals surface area contributed by atoms with E-state index in [1.807, 2.05) is 17.5 Å². The van der Waals surface area contributed by atoms with Crippen LogP contribution in [0.2, 0.25) is 0 Å². The van der Waals surface area contributed by atoms with Crippen molar-refractivity contribution in [3.8, 4) is 0 Å². The van der Waals surface area contributed by atoms with E-state index in [9.17, 15) is 0 Å². The maximum Gasteiger partial charge on any atom is 0.204 e. The molecule has 0 N–H and O–H groups in total. The highest BCUT2D eigenvalue weighted by molar-refractivity contribution is 7.62. The largest absolute Gasteiger partial charge is 0.204 e. The molecule has 0 bridgehead atoms. The Morgan fingerprint density at radius 2 is 2.50 bits per heavy atom. The molecule has 1 aromatic heterocycles. The second kappa shape index (κ2) is 1.67. The summed E-state index contributed by atoms with van der Waals surface area (Å²) in [7, 11) is 0. The fourth-order valence-corrected chi connectivity index (χ4v) is 1.04. The van der Waals surface area contributed by atoms with Crippen LogP contribution in [0.4, 0.5) is 0 Å². The van der Waals surface area contributed by atoms with E-state index >= 15 is 0 Å². The van der Waals surface area contributed by atoms with Crippen molar-refractivity contribution in [3.63, 3.8) is 0 Å². The molecule has 6 heavy (non-hydrogen) atoms. The lowest BCUT2D eigenvalue weighted by Gasteiger charge is -1.54. The molecule has 0 saturated carbocycles. The van der Waals surface area contributed by atoms with Gasteiger partial charge in [0.2, 0.25) is 4.21 Å². The summed E-state index contributed by atoms with van der Waals surface area (Å²) in [6.07, 6.45) is 0. The fraction of sp³-hybridized carbons (Fsp3) is 0. The Kier molecular flexibility index (Phi) is 1.17. The maximum atomic E-state index is 3.34. The summed E-state index contributed by atoms with van der Waals surface area (Å²) in [6, 6.07) is 4.02. The third-order valence-corrected chi connectivity index (χ3v) is 1.72. The van der Waals surface area contributed by atoms with Gasteiger partial charge < -0.3 is 0 Å². The Bertz CT molecular complexity index is 109. The van der Waals surface area contributed by atoms with Crippen LogP contribution in [0, 0.1) is 0 Å². The fourth-order valence-electron chi connectivity index (χ4n) is 0.279. The first-order valence-corrected chi connectivity index (χ1v) is 3.02.